The molecule has 0 fully saturated rings. The summed E-state index contributed by atoms with van der Waals surface area (Å²) in [4.78, 5) is 11.7. The fourth-order valence-electron chi connectivity index (χ4n) is 1.94. The zero-order valence-corrected chi connectivity index (χ0v) is 11.8. The van der Waals surface area contributed by atoms with Crippen LogP contribution >= 0.6 is 0 Å². The molecule has 0 aliphatic rings. The second-order valence-electron chi connectivity index (χ2n) is 4.56. The van der Waals surface area contributed by atoms with Crippen molar-refractivity contribution in [3.63, 3.8) is 0 Å². The minimum atomic E-state index is -0.473. The number of nitrogens with one attached hydrogen (secondary N) is 1. The molecular formula is C16H15N3O2. The Morgan fingerprint density at radius 2 is 1.90 bits per heavy atom. The zero-order valence-electron chi connectivity index (χ0n) is 11.8. The first kappa shape index (κ1) is 14.4. The van der Waals surface area contributed by atoms with Gasteiger partial charge in [0.25, 0.3) is 0 Å². The van der Waals surface area contributed by atoms with E-state index in [1.807, 2.05) is 13.0 Å². The molecule has 0 radical (unpaired) electrons. The van der Waals surface area contributed by atoms with Crippen molar-refractivity contribution in [2.24, 2.45) is 0 Å². The fourth-order valence-corrected chi connectivity index (χ4v) is 1.94. The Labute approximate surface area is 123 Å². The van der Waals surface area contributed by atoms with Gasteiger partial charge in [-0.25, -0.2) is 4.79 Å². The van der Waals surface area contributed by atoms with E-state index in [4.69, 9.17) is 15.7 Å². The molecule has 0 aromatic heterocycles. The summed E-state index contributed by atoms with van der Waals surface area (Å²) in [5.41, 5.74) is 9.55. The number of nitrogen functional groups attached to an aromatic ring is 1. The highest BCUT2D eigenvalue weighted by atomic mass is 16.5. The molecule has 2 aromatic rings. The number of esters is 1. The largest absolute Gasteiger partial charge is 0.465 e. The molecule has 0 saturated heterocycles. The van der Waals surface area contributed by atoms with Gasteiger partial charge >= 0.3 is 5.97 Å². The van der Waals surface area contributed by atoms with Gasteiger partial charge in [-0.15, -0.1) is 0 Å². The third kappa shape index (κ3) is 3.12. The molecule has 21 heavy (non-hydrogen) atoms. The Hall–Kier alpha value is -3.00. The number of carbonyl (C=O) groups excluding carboxylic acids is 1. The molecule has 5 nitrogen and oxygen atoms in total. The summed E-state index contributed by atoms with van der Waals surface area (Å²) in [6.07, 6.45) is 0. The van der Waals surface area contributed by atoms with Crippen LogP contribution in [0.15, 0.2) is 36.4 Å². The lowest BCUT2D eigenvalue weighted by Crippen LogP contribution is -2.08. The summed E-state index contributed by atoms with van der Waals surface area (Å²) in [7, 11) is 1.32. The number of nitriles is 1. The van der Waals surface area contributed by atoms with E-state index < -0.39 is 5.97 Å². The molecule has 5 heteroatoms. The Morgan fingerprint density at radius 3 is 2.48 bits per heavy atom. The Morgan fingerprint density at radius 1 is 1.24 bits per heavy atom. The van der Waals surface area contributed by atoms with Gasteiger partial charge in [-0.1, -0.05) is 0 Å². The van der Waals surface area contributed by atoms with Crippen LogP contribution in [-0.4, -0.2) is 13.1 Å². The van der Waals surface area contributed by atoms with Crippen molar-refractivity contribution in [1.29, 1.82) is 5.26 Å². The van der Waals surface area contributed by atoms with Crippen LogP contribution < -0.4 is 11.1 Å². The lowest BCUT2D eigenvalue weighted by atomic mass is 10.1. The molecule has 3 N–H and O–H groups in total. The van der Waals surface area contributed by atoms with Gasteiger partial charge < -0.3 is 15.8 Å². The van der Waals surface area contributed by atoms with Crippen LogP contribution in [0, 0.1) is 18.3 Å². The van der Waals surface area contributed by atoms with E-state index in [2.05, 4.69) is 11.4 Å². The lowest BCUT2D eigenvalue weighted by Gasteiger charge is -2.12. The van der Waals surface area contributed by atoms with Crippen LogP contribution in [0.3, 0.4) is 0 Å². The molecule has 0 amide bonds. The first-order valence-electron chi connectivity index (χ1n) is 6.30. The van der Waals surface area contributed by atoms with Gasteiger partial charge in [-0.05, 0) is 48.9 Å². The maximum absolute atomic E-state index is 11.7. The Kier molecular flexibility index (Phi) is 4.10. The summed E-state index contributed by atoms with van der Waals surface area (Å²) < 4.78 is 4.72. The predicted octanol–water partition coefficient (Wildman–Crippen LogP) is 2.98. The van der Waals surface area contributed by atoms with Crippen LogP contribution in [0.4, 0.5) is 17.1 Å². The number of rotatable bonds is 3. The number of aryl methyl sites for hydroxylation is 1. The van der Waals surface area contributed by atoms with E-state index in [-0.39, 0.29) is 0 Å². The third-order valence-corrected chi connectivity index (χ3v) is 3.09. The first-order valence-corrected chi connectivity index (χ1v) is 6.30. The van der Waals surface area contributed by atoms with E-state index in [0.717, 1.165) is 16.9 Å². The maximum Gasteiger partial charge on any atom is 0.340 e. The van der Waals surface area contributed by atoms with Crippen molar-refractivity contribution >= 4 is 23.0 Å². The number of anilines is 3. The van der Waals surface area contributed by atoms with E-state index in [0.29, 0.717) is 16.8 Å². The minimum Gasteiger partial charge on any atom is -0.465 e. The van der Waals surface area contributed by atoms with Crippen molar-refractivity contribution in [3.8, 4) is 6.07 Å². The molecule has 2 rings (SSSR count). The molecular weight excluding hydrogens is 266 g/mol. The number of hydrogen-bond donors (Lipinski definition) is 2. The summed E-state index contributed by atoms with van der Waals surface area (Å²) in [6, 6.07) is 12.6. The maximum atomic E-state index is 11.7. The molecule has 0 bridgehead atoms. The normalized spacial score (nSPS) is 9.76. The van der Waals surface area contributed by atoms with Crippen LogP contribution in [0.1, 0.15) is 21.5 Å². The van der Waals surface area contributed by atoms with E-state index in [1.54, 1.807) is 30.3 Å². The SMILES string of the molecule is COC(=O)c1cc(Nc2ccc(C#N)cc2)cc(C)c1N. The number of methoxy groups -OCH3 is 1. The topological polar surface area (TPSA) is 88.1 Å². The highest BCUT2D eigenvalue weighted by Gasteiger charge is 2.13. The highest BCUT2D eigenvalue weighted by molar-refractivity contribution is 5.97. The van der Waals surface area contributed by atoms with Crippen LogP contribution in [0.5, 0.6) is 0 Å². The monoisotopic (exact) mass is 281 g/mol. The second-order valence-corrected chi connectivity index (χ2v) is 4.56. The van der Waals surface area contributed by atoms with Gasteiger partial charge in [0.2, 0.25) is 0 Å². The molecule has 0 atom stereocenters. The smallest absolute Gasteiger partial charge is 0.340 e. The lowest BCUT2D eigenvalue weighted by molar-refractivity contribution is 0.0602. The summed E-state index contributed by atoms with van der Waals surface area (Å²) in [5, 5.41) is 11.9. The molecule has 0 saturated carbocycles. The van der Waals surface area contributed by atoms with E-state index in [9.17, 15) is 4.79 Å². The van der Waals surface area contributed by atoms with Crippen LogP contribution in [0.25, 0.3) is 0 Å². The van der Waals surface area contributed by atoms with Gasteiger partial charge in [0, 0.05) is 17.1 Å². The van der Waals surface area contributed by atoms with Gasteiger partial charge in [-0.3, -0.25) is 0 Å². The summed E-state index contributed by atoms with van der Waals surface area (Å²) >= 11 is 0. The van der Waals surface area contributed by atoms with Gasteiger partial charge in [-0.2, -0.15) is 5.26 Å². The zero-order chi connectivity index (χ0) is 15.4. The molecule has 0 unspecified atom stereocenters. The van der Waals surface area contributed by atoms with Crippen molar-refractivity contribution in [2.45, 2.75) is 6.92 Å². The van der Waals surface area contributed by atoms with Crippen molar-refractivity contribution in [2.75, 3.05) is 18.2 Å². The van der Waals surface area contributed by atoms with Gasteiger partial charge in [0.05, 0.1) is 24.3 Å². The average molecular weight is 281 g/mol. The third-order valence-electron chi connectivity index (χ3n) is 3.09. The van der Waals surface area contributed by atoms with E-state index in [1.165, 1.54) is 7.11 Å². The molecule has 0 aliphatic carbocycles. The Bertz CT molecular complexity index is 716. The van der Waals surface area contributed by atoms with Gasteiger partial charge in [0.15, 0.2) is 0 Å². The standard InChI is InChI=1S/C16H15N3O2/c1-10-7-13(8-14(15(10)18)16(20)21-2)19-12-5-3-11(9-17)4-6-12/h3-8,19H,18H2,1-2H3. The number of benzene rings is 2. The number of nitrogens with zero attached hydrogens (tertiary/aromatic N) is 1. The molecule has 0 heterocycles. The molecule has 2 aromatic carbocycles. The first-order chi connectivity index (χ1) is 10.0. The quantitative estimate of drug-likeness (QED) is 0.667. The number of nitrogens with two attached hydrogens (primary N) is 1. The predicted molar refractivity (Wildman–Crippen MR) is 81.4 cm³/mol. The number of carbonyl (C=O) groups is 1. The summed E-state index contributed by atoms with van der Waals surface area (Å²) in [6.45, 7) is 1.83. The minimum absolute atomic E-state index is 0.327. The van der Waals surface area contributed by atoms with Crippen LogP contribution in [0.2, 0.25) is 0 Å². The Balaban J connectivity index is 2.33. The number of hydrogen-bond acceptors (Lipinski definition) is 5. The summed E-state index contributed by atoms with van der Waals surface area (Å²) in [5.74, 6) is -0.473. The van der Waals surface area contributed by atoms with E-state index >= 15 is 0 Å². The van der Waals surface area contributed by atoms with Crippen molar-refractivity contribution in [1.82, 2.24) is 0 Å². The molecule has 0 spiro atoms. The van der Waals surface area contributed by atoms with Crippen molar-refractivity contribution < 1.29 is 9.53 Å². The second kappa shape index (κ2) is 5.97. The number of ether oxygens (including phenoxy) is 1. The molecule has 0 aliphatic heterocycles. The average Bonchev–Trinajstić information content (AvgIpc) is 2.50. The van der Waals surface area contributed by atoms with Crippen LogP contribution in [-0.2, 0) is 4.74 Å². The fraction of sp³-hybridized carbons (Fsp3) is 0.125. The highest BCUT2D eigenvalue weighted by Crippen LogP contribution is 2.26. The van der Waals surface area contributed by atoms with Gasteiger partial charge in [0.1, 0.15) is 0 Å². The van der Waals surface area contributed by atoms with Crippen molar-refractivity contribution in [3.05, 3.63) is 53.1 Å². The molecule has 106 valence electrons.